The highest BCUT2D eigenvalue weighted by molar-refractivity contribution is 4.94. The van der Waals surface area contributed by atoms with Crippen LogP contribution in [0.1, 0.15) is 33.6 Å². The molecule has 0 bridgehead atoms. The maximum absolute atomic E-state index is 13.1. The first-order chi connectivity index (χ1) is 4.04. The molecule has 0 nitrogen and oxygen atoms in total. The SMILES string of the molecule is CC(C)C1CCC1(C)F. The summed E-state index contributed by atoms with van der Waals surface area (Å²) in [4.78, 5) is 0. The summed E-state index contributed by atoms with van der Waals surface area (Å²) >= 11 is 0. The summed E-state index contributed by atoms with van der Waals surface area (Å²) in [5.41, 5.74) is -0.839. The average molecular weight is 130 g/mol. The van der Waals surface area contributed by atoms with Gasteiger partial charge in [0.2, 0.25) is 0 Å². The van der Waals surface area contributed by atoms with Gasteiger partial charge >= 0.3 is 0 Å². The van der Waals surface area contributed by atoms with Crippen molar-refractivity contribution in [1.29, 1.82) is 0 Å². The Labute approximate surface area is 56.5 Å². The molecule has 1 aliphatic carbocycles. The van der Waals surface area contributed by atoms with Crippen LogP contribution in [0.5, 0.6) is 0 Å². The molecule has 0 aromatic carbocycles. The third-order valence-electron chi connectivity index (χ3n) is 2.52. The smallest absolute Gasteiger partial charge is 0.111 e. The molecular formula is C8H15F. The van der Waals surface area contributed by atoms with Crippen molar-refractivity contribution in [3.63, 3.8) is 0 Å². The lowest BCUT2D eigenvalue weighted by Crippen LogP contribution is -2.42. The van der Waals surface area contributed by atoms with E-state index in [4.69, 9.17) is 0 Å². The zero-order valence-electron chi connectivity index (χ0n) is 6.45. The molecular weight excluding hydrogens is 115 g/mol. The van der Waals surface area contributed by atoms with Crippen molar-refractivity contribution in [3.05, 3.63) is 0 Å². The largest absolute Gasteiger partial charge is 0.244 e. The van der Waals surface area contributed by atoms with E-state index in [2.05, 4.69) is 13.8 Å². The second-order valence-electron chi connectivity index (χ2n) is 3.67. The van der Waals surface area contributed by atoms with Gasteiger partial charge in [-0.3, -0.25) is 0 Å². The van der Waals surface area contributed by atoms with E-state index in [1.807, 2.05) is 0 Å². The van der Waals surface area contributed by atoms with E-state index in [9.17, 15) is 4.39 Å². The standard InChI is InChI=1S/C8H15F/c1-6(2)7-4-5-8(7,3)9/h6-7H,4-5H2,1-3H3. The van der Waals surface area contributed by atoms with Crippen molar-refractivity contribution in [2.45, 2.75) is 39.3 Å². The fraction of sp³-hybridized carbons (Fsp3) is 1.00. The van der Waals surface area contributed by atoms with Crippen LogP contribution in [0.3, 0.4) is 0 Å². The Hall–Kier alpha value is -0.0700. The first-order valence-electron chi connectivity index (χ1n) is 3.73. The zero-order valence-corrected chi connectivity index (χ0v) is 6.45. The van der Waals surface area contributed by atoms with E-state index in [-0.39, 0.29) is 0 Å². The van der Waals surface area contributed by atoms with Crippen LogP contribution in [0, 0.1) is 11.8 Å². The molecule has 0 radical (unpaired) electrons. The number of alkyl halides is 1. The van der Waals surface area contributed by atoms with Crippen LogP contribution in [0.4, 0.5) is 4.39 Å². The third-order valence-corrected chi connectivity index (χ3v) is 2.52. The van der Waals surface area contributed by atoms with Crippen molar-refractivity contribution in [1.82, 2.24) is 0 Å². The van der Waals surface area contributed by atoms with Crippen LogP contribution in [-0.4, -0.2) is 5.67 Å². The van der Waals surface area contributed by atoms with Gasteiger partial charge in [-0.2, -0.15) is 0 Å². The second kappa shape index (κ2) is 1.96. The molecule has 1 rings (SSSR count). The predicted molar refractivity (Wildman–Crippen MR) is 37.1 cm³/mol. The Balaban J connectivity index is 2.45. The second-order valence-corrected chi connectivity index (χ2v) is 3.67. The van der Waals surface area contributed by atoms with Gasteiger partial charge in [0.05, 0.1) is 0 Å². The summed E-state index contributed by atoms with van der Waals surface area (Å²) in [6.45, 7) is 5.92. The highest BCUT2D eigenvalue weighted by Gasteiger charge is 2.44. The van der Waals surface area contributed by atoms with Gasteiger partial charge < -0.3 is 0 Å². The number of rotatable bonds is 1. The van der Waals surface area contributed by atoms with Gasteiger partial charge in [0.1, 0.15) is 5.67 Å². The van der Waals surface area contributed by atoms with Crippen molar-refractivity contribution < 1.29 is 4.39 Å². The lowest BCUT2D eigenvalue weighted by Gasteiger charge is -2.43. The van der Waals surface area contributed by atoms with Crippen LogP contribution in [0.25, 0.3) is 0 Å². The molecule has 1 aliphatic rings. The summed E-state index contributed by atoms with van der Waals surface area (Å²) in [6.07, 6.45) is 1.86. The highest BCUT2D eigenvalue weighted by atomic mass is 19.1. The monoisotopic (exact) mass is 130 g/mol. The van der Waals surface area contributed by atoms with Crippen molar-refractivity contribution in [2.24, 2.45) is 11.8 Å². The molecule has 54 valence electrons. The third kappa shape index (κ3) is 1.10. The summed E-state index contributed by atoms with van der Waals surface area (Å²) in [7, 11) is 0. The van der Waals surface area contributed by atoms with Gasteiger partial charge in [-0.05, 0) is 31.6 Å². The molecule has 1 fully saturated rings. The highest BCUT2D eigenvalue weighted by Crippen LogP contribution is 2.45. The van der Waals surface area contributed by atoms with E-state index in [0.29, 0.717) is 11.8 Å². The lowest BCUT2D eigenvalue weighted by molar-refractivity contribution is -0.0242. The predicted octanol–water partition coefficient (Wildman–Crippen LogP) is 2.78. The fourth-order valence-electron chi connectivity index (χ4n) is 1.74. The van der Waals surface area contributed by atoms with E-state index in [0.717, 1.165) is 12.8 Å². The Morgan fingerprint density at radius 3 is 2.11 bits per heavy atom. The topological polar surface area (TPSA) is 0 Å². The Kier molecular flexibility index (Phi) is 1.54. The van der Waals surface area contributed by atoms with Crippen molar-refractivity contribution in [3.8, 4) is 0 Å². The molecule has 0 saturated heterocycles. The summed E-state index contributed by atoms with van der Waals surface area (Å²) < 4.78 is 13.1. The van der Waals surface area contributed by atoms with Gasteiger partial charge in [0.15, 0.2) is 0 Å². The first kappa shape index (κ1) is 7.04. The fourth-order valence-corrected chi connectivity index (χ4v) is 1.74. The van der Waals surface area contributed by atoms with Crippen LogP contribution in [0.15, 0.2) is 0 Å². The summed E-state index contributed by atoms with van der Waals surface area (Å²) in [6, 6.07) is 0. The van der Waals surface area contributed by atoms with Crippen molar-refractivity contribution >= 4 is 0 Å². The Morgan fingerprint density at radius 1 is 1.56 bits per heavy atom. The van der Waals surface area contributed by atoms with Crippen molar-refractivity contribution in [2.75, 3.05) is 0 Å². The number of halogens is 1. The summed E-state index contributed by atoms with van der Waals surface area (Å²) in [5, 5.41) is 0. The van der Waals surface area contributed by atoms with Crippen LogP contribution >= 0.6 is 0 Å². The van der Waals surface area contributed by atoms with Gasteiger partial charge in [-0.25, -0.2) is 4.39 Å². The van der Waals surface area contributed by atoms with Gasteiger partial charge in [-0.15, -0.1) is 0 Å². The Morgan fingerprint density at radius 2 is 2.11 bits per heavy atom. The molecule has 0 aromatic rings. The summed E-state index contributed by atoms with van der Waals surface area (Å²) in [5.74, 6) is 0.853. The van der Waals surface area contributed by atoms with E-state index >= 15 is 0 Å². The van der Waals surface area contributed by atoms with Gasteiger partial charge in [0.25, 0.3) is 0 Å². The molecule has 9 heavy (non-hydrogen) atoms. The van der Waals surface area contributed by atoms with Crippen LogP contribution in [-0.2, 0) is 0 Å². The maximum atomic E-state index is 13.1. The molecule has 0 heterocycles. The van der Waals surface area contributed by atoms with E-state index < -0.39 is 5.67 Å². The van der Waals surface area contributed by atoms with Crippen LogP contribution < -0.4 is 0 Å². The number of hydrogen-bond acceptors (Lipinski definition) is 0. The molecule has 2 unspecified atom stereocenters. The lowest BCUT2D eigenvalue weighted by atomic mass is 9.67. The van der Waals surface area contributed by atoms with Gasteiger partial charge in [-0.1, -0.05) is 13.8 Å². The van der Waals surface area contributed by atoms with E-state index in [1.165, 1.54) is 0 Å². The molecule has 0 spiro atoms. The first-order valence-corrected chi connectivity index (χ1v) is 3.73. The quantitative estimate of drug-likeness (QED) is 0.512. The number of hydrogen-bond donors (Lipinski definition) is 0. The molecule has 0 amide bonds. The average Bonchev–Trinajstić information content (AvgIpc) is 1.62. The van der Waals surface area contributed by atoms with Gasteiger partial charge in [0, 0.05) is 0 Å². The Bertz CT molecular complexity index is 105. The molecule has 1 heteroatoms. The normalized spacial score (nSPS) is 43.0. The molecule has 2 atom stereocenters. The molecule has 0 aromatic heterocycles. The van der Waals surface area contributed by atoms with Crippen LogP contribution in [0.2, 0.25) is 0 Å². The molecule has 1 saturated carbocycles. The minimum Gasteiger partial charge on any atom is -0.244 e. The minimum atomic E-state index is -0.839. The molecule has 0 aliphatic heterocycles. The zero-order chi connectivity index (χ0) is 7.07. The van der Waals surface area contributed by atoms with E-state index in [1.54, 1.807) is 6.92 Å². The minimum absolute atomic E-state index is 0.331. The maximum Gasteiger partial charge on any atom is 0.111 e. The molecule has 0 N–H and O–H groups in total.